The zero-order valence-electron chi connectivity index (χ0n) is 10.3. The van der Waals surface area contributed by atoms with Crippen molar-refractivity contribution in [3.8, 4) is 0 Å². The van der Waals surface area contributed by atoms with E-state index < -0.39 is 0 Å². The van der Waals surface area contributed by atoms with Crippen LogP contribution in [-0.4, -0.2) is 51.0 Å². The van der Waals surface area contributed by atoms with Gasteiger partial charge < -0.3 is 5.32 Å². The third-order valence-corrected chi connectivity index (χ3v) is 4.13. The van der Waals surface area contributed by atoms with Crippen molar-refractivity contribution in [2.24, 2.45) is 0 Å². The van der Waals surface area contributed by atoms with Gasteiger partial charge in [-0.3, -0.25) is 19.3 Å². The Kier molecular flexibility index (Phi) is 6.36. The second kappa shape index (κ2) is 7.29. The van der Waals surface area contributed by atoms with Crippen molar-refractivity contribution in [3.63, 3.8) is 0 Å². The topological polar surface area (TPSA) is 69.7 Å². The number of hydrogen-bond acceptors (Lipinski definition) is 5. The maximum absolute atomic E-state index is 12.0. The highest BCUT2D eigenvalue weighted by Crippen LogP contribution is 2.28. The van der Waals surface area contributed by atoms with Gasteiger partial charge in [-0.05, 0) is 6.42 Å². The van der Waals surface area contributed by atoms with Gasteiger partial charge in [-0.25, -0.2) is 0 Å². The fourth-order valence-corrected chi connectivity index (χ4v) is 3.28. The predicted octanol–water partition coefficient (Wildman–Crippen LogP) is 0.570. The number of hydrogen-bond donors (Lipinski definition) is 1. The third-order valence-electron chi connectivity index (χ3n) is 2.54. The summed E-state index contributed by atoms with van der Waals surface area (Å²) in [6, 6.07) is 0. The molecule has 1 rings (SSSR count). The molecule has 1 saturated heterocycles. The molecule has 0 aliphatic carbocycles. The van der Waals surface area contributed by atoms with Gasteiger partial charge in [0.1, 0.15) is 5.25 Å². The molecule has 0 bridgehead atoms. The number of nitrogens with one attached hydrogen (secondary N) is 1. The molecule has 0 aromatic heterocycles. The lowest BCUT2D eigenvalue weighted by Crippen LogP contribution is -2.33. The Morgan fingerprint density at radius 2 is 2.28 bits per heavy atom. The molecule has 1 N–H and O–H groups in total. The summed E-state index contributed by atoms with van der Waals surface area (Å²) in [5.41, 5.74) is 0. The van der Waals surface area contributed by atoms with E-state index in [1.807, 2.05) is 7.05 Å². The smallest absolute Gasteiger partial charge is 0.244 e. The number of imide groups is 1. The van der Waals surface area contributed by atoms with Gasteiger partial charge in [0, 0.05) is 56.3 Å². The van der Waals surface area contributed by atoms with Crippen molar-refractivity contribution in [2.45, 2.75) is 24.5 Å². The number of nitrogens with zero attached hydrogens (tertiary/aromatic N) is 2. The van der Waals surface area contributed by atoms with Crippen LogP contribution in [0.4, 0.5) is 0 Å². The van der Waals surface area contributed by atoms with Crippen LogP contribution in [0.25, 0.3) is 0 Å². The minimum atomic E-state index is -0.320. The molecular weight excluding hydrogens is 369 g/mol. The van der Waals surface area contributed by atoms with E-state index in [4.69, 9.17) is 0 Å². The first-order chi connectivity index (χ1) is 8.45. The molecule has 0 saturated carbocycles. The van der Waals surface area contributed by atoms with E-state index in [0.717, 1.165) is 0 Å². The molecule has 102 valence electrons. The van der Waals surface area contributed by atoms with Crippen molar-refractivity contribution in [1.29, 1.82) is 0 Å². The maximum atomic E-state index is 12.0. The highest BCUT2D eigenvalue weighted by atomic mass is 127. The van der Waals surface area contributed by atoms with Gasteiger partial charge in [-0.15, -0.1) is 0 Å². The summed E-state index contributed by atoms with van der Waals surface area (Å²) in [5, 5.41) is 2.19. The van der Waals surface area contributed by atoms with E-state index >= 15 is 0 Å². The molecule has 6 nitrogen and oxygen atoms in total. The van der Waals surface area contributed by atoms with Crippen molar-refractivity contribution >= 4 is 52.5 Å². The summed E-state index contributed by atoms with van der Waals surface area (Å²) >= 11 is 3.41. The molecular formula is C10H16IN3O3S. The van der Waals surface area contributed by atoms with Crippen LogP contribution in [-0.2, 0) is 14.4 Å². The molecule has 0 aromatic rings. The second-order valence-electron chi connectivity index (χ2n) is 3.88. The minimum absolute atomic E-state index is 0.0768. The van der Waals surface area contributed by atoms with Crippen molar-refractivity contribution in [3.05, 3.63) is 0 Å². The van der Waals surface area contributed by atoms with Crippen LogP contribution >= 0.6 is 34.8 Å². The lowest BCUT2D eigenvalue weighted by Gasteiger charge is -2.15. The second-order valence-corrected chi connectivity index (χ2v) is 7.31. The molecule has 1 aliphatic rings. The molecule has 0 spiro atoms. The first kappa shape index (κ1) is 15.7. The van der Waals surface area contributed by atoms with E-state index in [1.54, 1.807) is 9.57 Å². The first-order valence-corrected chi connectivity index (χ1v) is 7.37. The summed E-state index contributed by atoms with van der Waals surface area (Å²) in [7, 11) is 3.40. The monoisotopic (exact) mass is 385 g/mol. The van der Waals surface area contributed by atoms with E-state index in [1.165, 1.54) is 16.8 Å². The normalized spacial score (nSPS) is 19.8. The van der Waals surface area contributed by atoms with Crippen LogP contribution in [0.2, 0.25) is 0 Å². The molecule has 8 heteroatoms. The number of amides is 3. The Bertz CT molecular complexity index is 351. The van der Waals surface area contributed by atoms with Gasteiger partial charge in [0.05, 0.1) is 0 Å². The SMILES string of the molecule is CNC(=O)CCCN1C(=O)CC(SN(C)I)C1=O. The average molecular weight is 385 g/mol. The molecule has 1 aliphatic heterocycles. The Balaban J connectivity index is 2.44. The highest BCUT2D eigenvalue weighted by molar-refractivity contribution is 14.1. The summed E-state index contributed by atoms with van der Waals surface area (Å²) < 4.78 is 1.79. The number of carbonyl (C=O) groups is 3. The van der Waals surface area contributed by atoms with Gasteiger partial charge in [0.25, 0.3) is 0 Å². The van der Waals surface area contributed by atoms with Crippen molar-refractivity contribution in [1.82, 2.24) is 12.7 Å². The molecule has 1 atom stereocenters. The van der Waals surface area contributed by atoms with Gasteiger partial charge in [-0.2, -0.15) is 2.52 Å². The fraction of sp³-hybridized carbons (Fsp3) is 0.700. The standard InChI is InChI=1S/C10H16IN3O3S/c1-12-8(15)4-3-5-14-9(16)6-7(10(14)17)18-13(2)11/h7H,3-6H2,1-2H3,(H,12,15). The molecule has 0 radical (unpaired) electrons. The van der Waals surface area contributed by atoms with Crippen LogP contribution in [0, 0.1) is 0 Å². The number of carbonyl (C=O) groups excluding carboxylic acids is 3. The Morgan fingerprint density at radius 3 is 2.83 bits per heavy atom. The fourth-order valence-electron chi connectivity index (χ4n) is 1.67. The highest BCUT2D eigenvalue weighted by Gasteiger charge is 2.39. The van der Waals surface area contributed by atoms with Crippen LogP contribution in [0.3, 0.4) is 0 Å². The lowest BCUT2D eigenvalue weighted by molar-refractivity contribution is -0.138. The van der Waals surface area contributed by atoms with Gasteiger partial charge in [-0.1, -0.05) is 11.9 Å². The van der Waals surface area contributed by atoms with E-state index in [0.29, 0.717) is 19.4 Å². The Morgan fingerprint density at radius 1 is 1.61 bits per heavy atom. The summed E-state index contributed by atoms with van der Waals surface area (Å²) in [5.74, 6) is -0.370. The molecule has 3 amide bonds. The van der Waals surface area contributed by atoms with Gasteiger partial charge in [0.2, 0.25) is 17.7 Å². The predicted molar refractivity (Wildman–Crippen MR) is 77.8 cm³/mol. The summed E-state index contributed by atoms with van der Waals surface area (Å²) in [6.45, 7) is 0.326. The Labute approximate surface area is 124 Å². The largest absolute Gasteiger partial charge is 0.359 e. The first-order valence-electron chi connectivity index (χ1n) is 5.56. The lowest BCUT2D eigenvalue weighted by atomic mass is 10.3. The quantitative estimate of drug-likeness (QED) is 0.313. The maximum Gasteiger partial charge on any atom is 0.244 e. The summed E-state index contributed by atoms with van der Waals surface area (Å²) in [4.78, 5) is 36.0. The van der Waals surface area contributed by atoms with Gasteiger partial charge >= 0.3 is 0 Å². The molecule has 18 heavy (non-hydrogen) atoms. The van der Waals surface area contributed by atoms with Crippen molar-refractivity contribution < 1.29 is 14.4 Å². The van der Waals surface area contributed by atoms with Crippen LogP contribution in [0.15, 0.2) is 0 Å². The van der Waals surface area contributed by atoms with E-state index in [2.05, 4.69) is 28.2 Å². The Hall–Kier alpha value is -0.350. The van der Waals surface area contributed by atoms with Crippen LogP contribution < -0.4 is 5.32 Å². The molecule has 0 aromatic carbocycles. The summed E-state index contributed by atoms with van der Waals surface area (Å²) in [6.07, 6.45) is 1.09. The molecule has 1 heterocycles. The number of likely N-dealkylation sites (tertiary alicyclic amines) is 1. The van der Waals surface area contributed by atoms with Crippen LogP contribution in [0.5, 0.6) is 0 Å². The van der Waals surface area contributed by atoms with E-state index in [-0.39, 0.29) is 29.4 Å². The molecule has 1 unspecified atom stereocenters. The van der Waals surface area contributed by atoms with Gasteiger partial charge in [0.15, 0.2) is 0 Å². The average Bonchev–Trinajstić information content (AvgIpc) is 2.55. The zero-order chi connectivity index (χ0) is 13.7. The molecule has 1 fully saturated rings. The zero-order valence-corrected chi connectivity index (χ0v) is 13.3. The minimum Gasteiger partial charge on any atom is -0.359 e. The third kappa shape index (κ3) is 4.39. The van der Waals surface area contributed by atoms with E-state index in [9.17, 15) is 14.4 Å². The number of halogens is 1. The number of rotatable bonds is 6. The van der Waals surface area contributed by atoms with Crippen molar-refractivity contribution in [2.75, 3.05) is 20.6 Å². The van der Waals surface area contributed by atoms with Crippen LogP contribution in [0.1, 0.15) is 19.3 Å².